The average Bonchev–Trinajstić information content (AvgIpc) is 2.99. The molecule has 26 heavy (non-hydrogen) atoms. The van der Waals surface area contributed by atoms with Gasteiger partial charge in [-0.05, 0) is 36.8 Å². The summed E-state index contributed by atoms with van der Waals surface area (Å²) >= 11 is 13.7. The summed E-state index contributed by atoms with van der Waals surface area (Å²) in [6.45, 7) is 1.85. The lowest BCUT2D eigenvalue weighted by Gasteiger charge is -2.06. The predicted molar refractivity (Wildman–Crippen MR) is 107 cm³/mol. The number of para-hydroxylation sites is 1. The number of aromatic nitrogens is 3. The van der Waals surface area contributed by atoms with E-state index in [1.165, 1.54) is 11.8 Å². The maximum Gasteiger partial charge on any atom is 0.212 e. The monoisotopic (exact) mass is 406 g/mol. The smallest absolute Gasteiger partial charge is 0.212 e. The Kier molecular flexibility index (Phi) is 6.19. The van der Waals surface area contributed by atoms with Crippen LogP contribution >= 0.6 is 35.0 Å². The summed E-state index contributed by atoms with van der Waals surface area (Å²) in [4.78, 5) is 0. The molecule has 0 spiro atoms. The van der Waals surface area contributed by atoms with Crippen LogP contribution in [0.3, 0.4) is 0 Å². The molecule has 3 aromatic rings. The first-order chi connectivity index (χ1) is 12.6. The number of benzene rings is 2. The van der Waals surface area contributed by atoms with E-state index < -0.39 is 0 Å². The third-order valence-electron chi connectivity index (χ3n) is 3.59. The average molecular weight is 407 g/mol. The van der Waals surface area contributed by atoms with E-state index >= 15 is 0 Å². The Morgan fingerprint density at radius 3 is 2.77 bits per heavy atom. The molecule has 0 atom stereocenters. The molecule has 3 rings (SSSR count). The second-order valence-electron chi connectivity index (χ2n) is 5.35. The second kappa shape index (κ2) is 8.58. The van der Waals surface area contributed by atoms with Crippen LogP contribution in [0.4, 0.5) is 0 Å². The zero-order valence-electron chi connectivity index (χ0n) is 14.2. The van der Waals surface area contributed by atoms with Gasteiger partial charge in [0.05, 0.1) is 13.3 Å². The highest BCUT2D eigenvalue weighted by Crippen LogP contribution is 2.28. The molecule has 0 amide bonds. The summed E-state index contributed by atoms with van der Waals surface area (Å²) in [6, 6.07) is 13.1. The first-order valence-corrected chi connectivity index (χ1v) is 9.48. The van der Waals surface area contributed by atoms with E-state index in [9.17, 15) is 0 Å². The Balaban J connectivity index is 1.79. The van der Waals surface area contributed by atoms with Crippen LogP contribution in [0, 0.1) is 6.92 Å². The van der Waals surface area contributed by atoms with Gasteiger partial charge in [0.2, 0.25) is 5.16 Å². The molecule has 5 nitrogen and oxygen atoms in total. The van der Waals surface area contributed by atoms with Gasteiger partial charge in [-0.1, -0.05) is 53.2 Å². The van der Waals surface area contributed by atoms with Crippen molar-refractivity contribution in [2.24, 2.45) is 5.10 Å². The van der Waals surface area contributed by atoms with Gasteiger partial charge in [-0.3, -0.25) is 0 Å². The van der Waals surface area contributed by atoms with E-state index in [0.29, 0.717) is 26.8 Å². The molecule has 1 heterocycles. The lowest BCUT2D eigenvalue weighted by molar-refractivity contribution is 0.414. The van der Waals surface area contributed by atoms with Gasteiger partial charge in [0.1, 0.15) is 5.75 Å². The number of rotatable bonds is 6. The predicted octanol–water partition coefficient (Wildman–Crippen LogP) is 5.08. The van der Waals surface area contributed by atoms with Gasteiger partial charge in [0.25, 0.3) is 0 Å². The summed E-state index contributed by atoms with van der Waals surface area (Å²) in [6.07, 6.45) is 1.73. The number of hydrogen-bond acceptors (Lipinski definition) is 5. The minimum absolute atomic E-state index is 0.615. The minimum Gasteiger partial charge on any atom is -0.496 e. The van der Waals surface area contributed by atoms with Crippen molar-refractivity contribution in [2.75, 3.05) is 7.11 Å². The number of hydrogen-bond donors (Lipinski definition) is 0. The number of nitrogens with zero attached hydrogens (tertiary/aromatic N) is 4. The summed E-state index contributed by atoms with van der Waals surface area (Å²) in [5.74, 6) is 2.09. The van der Waals surface area contributed by atoms with Gasteiger partial charge in [0, 0.05) is 21.4 Å². The highest BCUT2D eigenvalue weighted by molar-refractivity contribution is 7.98. The summed E-state index contributed by atoms with van der Waals surface area (Å²) in [5, 5.41) is 14.7. The molecule has 0 radical (unpaired) electrons. The minimum atomic E-state index is 0.615. The van der Waals surface area contributed by atoms with E-state index in [4.69, 9.17) is 27.9 Å². The topological polar surface area (TPSA) is 52.3 Å². The first-order valence-electron chi connectivity index (χ1n) is 7.74. The maximum absolute atomic E-state index is 6.23. The number of methoxy groups -OCH3 is 1. The van der Waals surface area contributed by atoms with Crippen LogP contribution in [-0.2, 0) is 5.75 Å². The quantitative estimate of drug-likeness (QED) is 0.423. The van der Waals surface area contributed by atoms with Crippen molar-refractivity contribution in [3.05, 3.63) is 69.5 Å². The molecule has 0 saturated carbocycles. The summed E-state index contributed by atoms with van der Waals surface area (Å²) in [7, 11) is 1.63. The van der Waals surface area contributed by atoms with Crippen molar-refractivity contribution >= 4 is 41.2 Å². The van der Waals surface area contributed by atoms with Crippen LogP contribution in [-0.4, -0.2) is 28.2 Å². The van der Waals surface area contributed by atoms with Gasteiger partial charge in [0.15, 0.2) is 5.82 Å². The lowest BCUT2D eigenvalue weighted by Crippen LogP contribution is -1.98. The Hall–Kier alpha value is -2.02. The fourth-order valence-corrected chi connectivity index (χ4v) is 3.73. The van der Waals surface area contributed by atoms with Crippen LogP contribution in [0.1, 0.15) is 17.0 Å². The third-order valence-corrected chi connectivity index (χ3v) is 5.15. The molecule has 0 aliphatic rings. The second-order valence-corrected chi connectivity index (χ2v) is 7.14. The van der Waals surface area contributed by atoms with Crippen LogP contribution in [0.25, 0.3) is 0 Å². The molecule has 134 valence electrons. The molecule has 0 aliphatic heterocycles. The van der Waals surface area contributed by atoms with Crippen molar-refractivity contribution < 1.29 is 4.74 Å². The Morgan fingerprint density at radius 1 is 1.19 bits per heavy atom. The Bertz CT molecular complexity index is 943. The first kappa shape index (κ1) is 18.8. The molecular weight excluding hydrogens is 391 g/mol. The third kappa shape index (κ3) is 4.38. The normalized spacial score (nSPS) is 11.2. The number of ether oxygens (including phenoxy) is 1. The zero-order chi connectivity index (χ0) is 18.5. The van der Waals surface area contributed by atoms with Crippen molar-refractivity contribution in [2.45, 2.75) is 17.8 Å². The number of aryl methyl sites for hydroxylation is 1. The van der Waals surface area contributed by atoms with E-state index in [-0.39, 0.29) is 0 Å². The van der Waals surface area contributed by atoms with Gasteiger partial charge in [-0.25, -0.2) is 0 Å². The molecule has 0 saturated heterocycles. The van der Waals surface area contributed by atoms with Crippen molar-refractivity contribution in [1.29, 1.82) is 0 Å². The van der Waals surface area contributed by atoms with E-state index in [0.717, 1.165) is 16.9 Å². The molecule has 2 aromatic carbocycles. The van der Waals surface area contributed by atoms with Crippen LogP contribution in [0.15, 0.2) is 52.7 Å². The SMILES string of the molecule is COc1ccccc1/C=N\n1c(C)nnc1SCc1ccc(Cl)cc1Cl. The van der Waals surface area contributed by atoms with E-state index in [1.54, 1.807) is 24.1 Å². The van der Waals surface area contributed by atoms with Crippen molar-refractivity contribution in [3.8, 4) is 5.75 Å². The highest BCUT2D eigenvalue weighted by Gasteiger charge is 2.10. The summed E-state index contributed by atoms with van der Waals surface area (Å²) < 4.78 is 7.04. The molecule has 0 aliphatic carbocycles. The van der Waals surface area contributed by atoms with Crippen LogP contribution < -0.4 is 4.74 Å². The Labute approximate surface area is 166 Å². The van der Waals surface area contributed by atoms with Crippen molar-refractivity contribution in [1.82, 2.24) is 14.9 Å². The van der Waals surface area contributed by atoms with Gasteiger partial charge < -0.3 is 4.74 Å². The highest BCUT2D eigenvalue weighted by atomic mass is 35.5. The maximum atomic E-state index is 6.23. The fourth-order valence-electron chi connectivity index (χ4n) is 2.24. The molecular formula is C18H16Cl2N4OS. The van der Waals surface area contributed by atoms with Gasteiger partial charge in [-0.2, -0.15) is 9.78 Å². The standard InChI is InChI=1S/C18H16Cl2N4OS/c1-12-22-23-18(26-11-14-7-8-15(19)9-16(14)20)24(12)21-10-13-5-3-4-6-17(13)25-2/h3-10H,11H2,1-2H3/b21-10-. The van der Waals surface area contributed by atoms with Gasteiger partial charge in [-0.15, -0.1) is 10.2 Å². The van der Waals surface area contributed by atoms with Crippen LogP contribution in [0.2, 0.25) is 10.0 Å². The number of halogens is 2. The molecule has 0 bridgehead atoms. The molecule has 0 N–H and O–H groups in total. The van der Waals surface area contributed by atoms with E-state index in [1.807, 2.05) is 43.3 Å². The fraction of sp³-hybridized carbons (Fsp3) is 0.167. The summed E-state index contributed by atoms with van der Waals surface area (Å²) in [5.41, 5.74) is 1.85. The molecule has 0 unspecified atom stereocenters. The number of thioether (sulfide) groups is 1. The van der Waals surface area contributed by atoms with E-state index in [2.05, 4.69) is 15.3 Å². The largest absolute Gasteiger partial charge is 0.496 e. The molecule has 1 aromatic heterocycles. The van der Waals surface area contributed by atoms with Crippen molar-refractivity contribution in [3.63, 3.8) is 0 Å². The lowest BCUT2D eigenvalue weighted by atomic mass is 10.2. The van der Waals surface area contributed by atoms with Crippen LogP contribution in [0.5, 0.6) is 5.75 Å². The Morgan fingerprint density at radius 2 is 2.00 bits per heavy atom. The molecule has 0 fully saturated rings. The zero-order valence-corrected chi connectivity index (χ0v) is 16.5. The van der Waals surface area contributed by atoms with Gasteiger partial charge >= 0.3 is 0 Å². The molecule has 8 heteroatoms.